The van der Waals surface area contributed by atoms with Crippen LogP contribution in [0.15, 0.2) is 53.8 Å². The van der Waals surface area contributed by atoms with Gasteiger partial charge in [-0.3, -0.25) is 4.72 Å². The van der Waals surface area contributed by atoms with Crippen molar-refractivity contribution < 1.29 is 8.42 Å². The van der Waals surface area contributed by atoms with Gasteiger partial charge >= 0.3 is 0 Å². The summed E-state index contributed by atoms with van der Waals surface area (Å²) in [6.45, 7) is 0. The van der Waals surface area contributed by atoms with Gasteiger partial charge < -0.3 is 0 Å². The second-order valence-electron chi connectivity index (χ2n) is 5.96. The van der Waals surface area contributed by atoms with Gasteiger partial charge in [-0.1, -0.05) is 0 Å². The maximum absolute atomic E-state index is 12.6. The molecule has 1 aliphatic carbocycles. The molecule has 0 saturated heterocycles. The average molecular weight is 355 g/mol. The van der Waals surface area contributed by atoms with Crippen LogP contribution in [0.3, 0.4) is 0 Å². The fraction of sp³-hybridized carbons (Fsp3) is 0.235. The van der Waals surface area contributed by atoms with Gasteiger partial charge in [-0.05, 0) is 67.1 Å². The maximum atomic E-state index is 12.6. The number of fused-ring (bicyclic) bond motifs is 1. The first-order valence-electron chi connectivity index (χ1n) is 8.09. The zero-order chi connectivity index (χ0) is 17.3. The third-order valence-corrected chi connectivity index (χ3v) is 5.63. The van der Waals surface area contributed by atoms with Crippen LogP contribution in [0.2, 0.25) is 0 Å². The second-order valence-corrected chi connectivity index (χ2v) is 7.65. The lowest BCUT2D eigenvalue weighted by Gasteiger charge is -2.16. The van der Waals surface area contributed by atoms with E-state index in [2.05, 4.69) is 19.9 Å². The monoisotopic (exact) mass is 355 g/mol. The Balaban J connectivity index is 1.57. The first kappa shape index (κ1) is 15.8. The number of hydrogen-bond donors (Lipinski definition) is 1. The molecule has 0 radical (unpaired) electrons. The number of sulfonamides is 1. The van der Waals surface area contributed by atoms with Crippen LogP contribution < -0.4 is 4.72 Å². The zero-order valence-electron chi connectivity index (χ0n) is 13.5. The van der Waals surface area contributed by atoms with Crippen LogP contribution in [0.4, 0.5) is 5.82 Å². The molecule has 8 heteroatoms. The summed E-state index contributed by atoms with van der Waals surface area (Å²) in [6.07, 6.45) is 9.18. The number of aryl methyl sites for hydroxylation is 2. The van der Waals surface area contributed by atoms with Gasteiger partial charge in [0.15, 0.2) is 0 Å². The van der Waals surface area contributed by atoms with Crippen molar-refractivity contribution in [1.82, 2.24) is 20.0 Å². The van der Waals surface area contributed by atoms with Crippen LogP contribution in [-0.4, -0.2) is 28.4 Å². The third-order valence-electron chi connectivity index (χ3n) is 4.26. The minimum Gasteiger partial charge on any atom is -0.263 e. The minimum atomic E-state index is -3.69. The number of aromatic nitrogens is 4. The number of nitrogens with zero attached hydrogens (tertiary/aromatic N) is 4. The van der Waals surface area contributed by atoms with Crippen molar-refractivity contribution in [3.8, 4) is 5.69 Å². The van der Waals surface area contributed by atoms with E-state index in [1.54, 1.807) is 30.7 Å². The Kier molecular flexibility index (Phi) is 3.96. The van der Waals surface area contributed by atoms with Crippen LogP contribution in [-0.2, 0) is 22.9 Å². The first-order valence-corrected chi connectivity index (χ1v) is 9.57. The molecule has 0 bridgehead atoms. The van der Waals surface area contributed by atoms with E-state index in [0.29, 0.717) is 11.5 Å². The summed E-state index contributed by atoms with van der Waals surface area (Å²) >= 11 is 0. The van der Waals surface area contributed by atoms with Gasteiger partial charge in [-0.2, -0.15) is 15.0 Å². The lowest BCUT2D eigenvalue weighted by molar-refractivity contribution is 0.601. The third kappa shape index (κ3) is 3.25. The summed E-state index contributed by atoms with van der Waals surface area (Å²) in [4.78, 5) is 5.84. The molecule has 1 aliphatic rings. The van der Waals surface area contributed by atoms with E-state index in [0.717, 1.165) is 25.7 Å². The molecule has 1 aromatic carbocycles. The van der Waals surface area contributed by atoms with E-state index < -0.39 is 10.0 Å². The number of anilines is 1. The maximum Gasteiger partial charge on any atom is 0.263 e. The first-order chi connectivity index (χ1) is 12.1. The molecule has 0 aliphatic heterocycles. The van der Waals surface area contributed by atoms with Gasteiger partial charge in [-0.25, -0.2) is 13.4 Å². The molecule has 0 atom stereocenters. The molecule has 0 spiro atoms. The number of nitrogens with one attached hydrogen (secondary N) is 1. The minimum absolute atomic E-state index is 0.169. The summed E-state index contributed by atoms with van der Waals surface area (Å²) in [5, 5.41) is 8.03. The molecule has 128 valence electrons. The van der Waals surface area contributed by atoms with Crippen molar-refractivity contribution in [2.24, 2.45) is 0 Å². The Labute approximate surface area is 145 Å². The fourth-order valence-electron chi connectivity index (χ4n) is 2.97. The molecule has 1 N–H and O–H groups in total. The topological polar surface area (TPSA) is 89.8 Å². The largest absolute Gasteiger partial charge is 0.263 e. The van der Waals surface area contributed by atoms with Gasteiger partial charge in [-0.15, -0.1) is 0 Å². The summed E-state index contributed by atoms with van der Waals surface area (Å²) < 4.78 is 27.7. The van der Waals surface area contributed by atoms with Crippen molar-refractivity contribution in [1.29, 1.82) is 0 Å². The molecule has 3 aromatic rings. The van der Waals surface area contributed by atoms with Gasteiger partial charge in [0, 0.05) is 6.20 Å². The lowest BCUT2D eigenvalue weighted by atomic mass is 9.93. The van der Waals surface area contributed by atoms with Crippen molar-refractivity contribution in [3.63, 3.8) is 0 Å². The van der Waals surface area contributed by atoms with E-state index in [9.17, 15) is 8.42 Å². The van der Waals surface area contributed by atoms with Crippen molar-refractivity contribution in [3.05, 3.63) is 60.0 Å². The Morgan fingerprint density at radius 1 is 0.960 bits per heavy atom. The van der Waals surface area contributed by atoms with Crippen LogP contribution in [0.25, 0.3) is 5.69 Å². The molecule has 7 nitrogen and oxygen atoms in total. The zero-order valence-corrected chi connectivity index (χ0v) is 14.3. The van der Waals surface area contributed by atoms with Gasteiger partial charge in [0.2, 0.25) is 0 Å². The van der Waals surface area contributed by atoms with Crippen LogP contribution >= 0.6 is 0 Å². The summed E-state index contributed by atoms with van der Waals surface area (Å²) in [7, 11) is -3.69. The van der Waals surface area contributed by atoms with E-state index >= 15 is 0 Å². The van der Waals surface area contributed by atoms with Crippen molar-refractivity contribution >= 4 is 15.8 Å². The Hall–Kier alpha value is -2.74. The Bertz CT molecular complexity index is 982. The highest BCUT2D eigenvalue weighted by atomic mass is 32.2. The molecule has 0 fully saturated rings. The average Bonchev–Trinajstić information content (AvgIpc) is 3.16. The predicted octanol–water partition coefficient (Wildman–Crippen LogP) is 2.34. The molecule has 0 amide bonds. The summed E-state index contributed by atoms with van der Waals surface area (Å²) in [5.74, 6) is 0.360. The molecule has 2 heterocycles. The van der Waals surface area contributed by atoms with E-state index in [4.69, 9.17) is 0 Å². The van der Waals surface area contributed by atoms with Gasteiger partial charge in [0.05, 0.1) is 23.0 Å². The number of benzene rings is 1. The molecule has 2 aromatic heterocycles. The van der Waals surface area contributed by atoms with Gasteiger partial charge in [0.1, 0.15) is 5.82 Å². The van der Waals surface area contributed by atoms with Crippen LogP contribution in [0, 0.1) is 0 Å². The van der Waals surface area contributed by atoms with Crippen molar-refractivity contribution in [2.75, 3.05) is 4.72 Å². The standard InChI is InChI=1S/C17H17N5O2S/c23-25(24,16-7-5-15(6-8-16)22-19-9-10-20-22)21-17-11-13-3-1-2-4-14(13)12-18-17/h5-12H,1-4H2,(H,18,21). The highest BCUT2D eigenvalue weighted by Gasteiger charge is 2.17. The van der Waals surface area contributed by atoms with Gasteiger partial charge in [0.25, 0.3) is 10.0 Å². The number of rotatable bonds is 4. The summed E-state index contributed by atoms with van der Waals surface area (Å²) in [5.41, 5.74) is 3.08. The lowest BCUT2D eigenvalue weighted by Crippen LogP contribution is -2.15. The normalized spacial score (nSPS) is 14.1. The molecule has 0 saturated carbocycles. The molecule has 25 heavy (non-hydrogen) atoms. The van der Waals surface area contributed by atoms with Crippen LogP contribution in [0.5, 0.6) is 0 Å². The number of pyridine rings is 1. The Morgan fingerprint density at radius 3 is 2.36 bits per heavy atom. The fourth-order valence-corrected chi connectivity index (χ4v) is 3.97. The van der Waals surface area contributed by atoms with Crippen molar-refractivity contribution in [2.45, 2.75) is 30.6 Å². The van der Waals surface area contributed by atoms with Crippen LogP contribution in [0.1, 0.15) is 24.0 Å². The Morgan fingerprint density at radius 2 is 1.64 bits per heavy atom. The summed E-state index contributed by atoms with van der Waals surface area (Å²) in [6, 6.07) is 8.22. The number of hydrogen-bond acceptors (Lipinski definition) is 5. The molecule has 0 unspecified atom stereocenters. The highest BCUT2D eigenvalue weighted by molar-refractivity contribution is 7.92. The SMILES string of the molecule is O=S(=O)(Nc1cc2c(cn1)CCCC2)c1ccc(-n2nccn2)cc1. The van der Waals surface area contributed by atoms with E-state index in [-0.39, 0.29) is 4.90 Å². The molecular formula is C17H17N5O2S. The smallest absolute Gasteiger partial charge is 0.263 e. The van der Waals surface area contributed by atoms with E-state index in [1.807, 2.05) is 6.07 Å². The molecule has 4 rings (SSSR count). The highest BCUT2D eigenvalue weighted by Crippen LogP contribution is 2.24. The predicted molar refractivity (Wildman–Crippen MR) is 93.0 cm³/mol. The quantitative estimate of drug-likeness (QED) is 0.776. The second kappa shape index (κ2) is 6.29. The van der Waals surface area contributed by atoms with E-state index in [1.165, 1.54) is 28.1 Å². The molecular weight excluding hydrogens is 338 g/mol.